The van der Waals surface area contributed by atoms with E-state index in [1.165, 1.54) is 199 Å². The molecule has 0 aromatic heterocycles. The molecule has 7 aromatic rings. The summed E-state index contributed by atoms with van der Waals surface area (Å²) in [6.45, 7) is 55.6. The van der Waals surface area contributed by atoms with Crippen LogP contribution in [-0.4, -0.2) is 73.4 Å². The predicted molar refractivity (Wildman–Crippen MR) is 559 cm³/mol. The van der Waals surface area contributed by atoms with Crippen molar-refractivity contribution in [1.29, 1.82) is 0 Å². The maximum absolute atomic E-state index is 9.49. The van der Waals surface area contributed by atoms with E-state index in [4.69, 9.17) is 2.74 Å². The lowest BCUT2D eigenvalue weighted by Gasteiger charge is -2.54. The van der Waals surface area contributed by atoms with Crippen LogP contribution in [0.1, 0.15) is 292 Å². The second-order valence-electron chi connectivity index (χ2n) is 46.2. The molecule has 0 radical (unpaired) electrons. The van der Waals surface area contributed by atoms with E-state index in [1.807, 2.05) is 47.4 Å². The van der Waals surface area contributed by atoms with Crippen molar-refractivity contribution in [2.45, 2.75) is 330 Å². The molecule has 14 aliphatic rings. The Morgan fingerprint density at radius 2 is 0.629 bits per heavy atom. The van der Waals surface area contributed by atoms with Gasteiger partial charge in [0.05, 0.1) is 57.1 Å². The van der Waals surface area contributed by atoms with Crippen molar-refractivity contribution in [3.05, 3.63) is 339 Å². The van der Waals surface area contributed by atoms with Crippen molar-refractivity contribution in [2.24, 2.45) is 50.7 Å². The molecule has 0 bridgehead atoms. The van der Waals surface area contributed by atoms with E-state index in [-0.39, 0.29) is 62.8 Å². The van der Waals surface area contributed by atoms with Crippen LogP contribution in [0, 0.1) is 85.4 Å². The number of nitrogens with zero attached hydrogens (tertiary/aromatic N) is 10. The molecule has 21 rings (SSSR count). The Balaban J connectivity index is 0.000000119. The van der Waals surface area contributed by atoms with E-state index in [0.29, 0.717) is 18.0 Å². The van der Waals surface area contributed by atoms with Gasteiger partial charge in [0.15, 0.2) is 0 Å². The number of benzene rings is 7. The second-order valence-corrected chi connectivity index (χ2v) is 46.2. The van der Waals surface area contributed by atoms with Crippen molar-refractivity contribution in [1.82, 2.24) is 24.5 Å². The number of allylic oxidation sites excluding steroid dienone is 10. The Bertz CT molecular complexity index is 5880. The number of hydrogen-bond donors (Lipinski definition) is 0. The topological polar surface area (TPSA) is 32.4 Å². The fourth-order valence-corrected chi connectivity index (χ4v) is 26.1. The van der Waals surface area contributed by atoms with Crippen molar-refractivity contribution in [3.8, 4) is 0 Å². The summed E-state index contributed by atoms with van der Waals surface area (Å²) in [6, 6.07) is 63.4. The van der Waals surface area contributed by atoms with Gasteiger partial charge in [-0.2, -0.15) is 0 Å². The minimum atomic E-state index is -1.44. The molecule has 0 saturated heterocycles. The highest BCUT2D eigenvalue weighted by Crippen LogP contribution is 2.62. The molecule has 8 unspecified atom stereocenters. The zero-order valence-electron chi connectivity index (χ0n) is 89.1. The van der Waals surface area contributed by atoms with Crippen LogP contribution in [0.15, 0.2) is 300 Å². The average molecular weight is 1770 g/mol. The summed E-state index contributed by atoms with van der Waals surface area (Å²) < 4.78 is 35.7. The first-order valence-corrected chi connectivity index (χ1v) is 50.7. The third kappa shape index (κ3) is 16.7. The van der Waals surface area contributed by atoms with Gasteiger partial charge in [-0.3, -0.25) is 0 Å². The number of anilines is 5. The van der Waals surface area contributed by atoms with Crippen LogP contribution in [0.25, 0.3) is 0 Å². The third-order valence-corrected chi connectivity index (χ3v) is 31.8. The SMILES string of the molecule is CC1=C2C=CC(C3CCCC3)(C3CCCC3)N2C(C(C)(C)C)N1c1ccccc1C.CC1=C2C=CC(c3ccccc3)(C3CCCC3)N2C(C(C)(C)C)N1c1ccccc1C.[2H]C1(C2CCCC2)C=CC2=C(C)N(c3ccccc3C)C(C(C)(C)C)N21.[2H]C1([2H])C=CC2=C(C)N(c3ccccc3C)C(C(C)(C)C)N21.[2H]C1(c2ccccc2)C=CC2=C(C)N(c3ccccc3C)C(C(C)(C)C)N21. The number of fused-ring (bicyclic) bond motifs is 5. The van der Waals surface area contributed by atoms with E-state index < -0.39 is 18.5 Å². The summed E-state index contributed by atoms with van der Waals surface area (Å²) in [5.74, 6) is 2.71. The van der Waals surface area contributed by atoms with Crippen molar-refractivity contribution in [3.63, 3.8) is 0 Å². The molecule has 4 aliphatic carbocycles. The van der Waals surface area contributed by atoms with Crippen LogP contribution in [0.4, 0.5) is 28.4 Å². The first kappa shape index (κ1) is 88.5. The molecule has 698 valence electrons. The summed E-state index contributed by atoms with van der Waals surface area (Å²) in [7, 11) is 0. The average Bonchev–Trinajstić information content (AvgIpc) is 1.47. The molecule has 4 fully saturated rings. The van der Waals surface area contributed by atoms with Crippen LogP contribution in [-0.2, 0) is 5.54 Å². The van der Waals surface area contributed by atoms with Gasteiger partial charge in [-0.25, -0.2) is 0 Å². The Kier molecular flexibility index (Phi) is 24.6. The Morgan fingerprint density at radius 3 is 1.05 bits per heavy atom. The molecule has 10 heteroatoms. The van der Waals surface area contributed by atoms with Gasteiger partial charge in [-0.05, 0) is 244 Å². The molecule has 0 N–H and O–H groups in total. The molecule has 10 nitrogen and oxygen atoms in total. The number of hydrogen-bond acceptors (Lipinski definition) is 10. The van der Waals surface area contributed by atoms with E-state index in [2.05, 4.69) is 411 Å². The van der Waals surface area contributed by atoms with Gasteiger partial charge < -0.3 is 49.0 Å². The van der Waals surface area contributed by atoms with Crippen molar-refractivity contribution < 1.29 is 5.48 Å². The Labute approximate surface area is 803 Å². The van der Waals surface area contributed by atoms with Gasteiger partial charge in [0.2, 0.25) is 0 Å². The smallest absolute Gasteiger partial charge is 0.112 e. The molecule has 7 aromatic carbocycles. The number of rotatable bonds is 11. The lowest BCUT2D eigenvalue weighted by molar-refractivity contribution is 0.00611. The quantitative estimate of drug-likeness (QED) is 0.125. The van der Waals surface area contributed by atoms with Gasteiger partial charge in [0, 0.05) is 90.5 Å². The van der Waals surface area contributed by atoms with Gasteiger partial charge in [-0.15, -0.1) is 0 Å². The van der Waals surface area contributed by atoms with Crippen LogP contribution in [0.5, 0.6) is 0 Å². The van der Waals surface area contributed by atoms with Gasteiger partial charge in [0.25, 0.3) is 0 Å². The van der Waals surface area contributed by atoms with Gasteiger partial charge >= 0.3 is 0 Å². The summed E-state index contributed by atoms with van der Waals surface area (Å²) >= 11 is 0. The van der Waals surface area contributed by atoms with Crippen molar-refractivity contribution in [2.75, 3.05) is 31.0 Å². The summed E-state index contributed by atoms with van der Waals surface area (Å²) in [6.07, 6.45) is 44.6. The van der Waals surface area contributed by atoms with E-state index in [0.717, 1.165) is 40.2 Å². The van der Waals surface area contributed by atoms with E-state index in [1.54, 1.807) is 6.08 Å². The van der Waals surface area contributed by atoms with Gasteiger partial charge in [-0.1, -0.05) is 337 Å². The first-order valence-electron chi connectivity index (χ1n) is 52.7. The fourth-order valence-electron chi connectivity index (χ4n) is 26.1. The fraction of sp³-hybridized carbons (Fsp3) is 0.492. The summed E-state index contributed by atoms with van der Waals surface area (Å²) in [5, 5.41) is 0. The van der Waals surface area contributed by atoms with Crippen molar-refractivity contribution >= 4 is 28.4 Å². The molecule has 10 heterocycles. The zero-order chi connectivity index (χ0) is 97.3. The van der Waals surface area contributed by atoms with Crippen LogP contribution in [0.3, 0.4) is 0 Å². The molecular formula is C122H160N10. The van der Waals surface area contributed by atoms with E-state index >= 15 is 0 Å². The maximum atomic E-state index is 9.49. The Morgan fingerprint density at radius 1 is 0.303 bits per heavy atom. The molecule has 4 saturated carbocycles. The molecular weight excluding hydrogens is 1610 g/mol. The molecule has 8 atom stereocenters. The van der Waals surface area contributed by atoms with Gasteiger partial charge in [0.1, 0.15) is 30.8 Å². The normalized spacial score (nSPS) is 27.1. The molecule has 10 aliphatic heterocycles. The highest BCUT2D eigenvalue weighted by atomic mass is 15.5. The number of aryl methyl sites for hydroxylation is 5. The zero-order valence-corrected chi connectivity index (χ0v) is 85.1. The number of para-hydroxylation sites is 5. The lowest BCUT2D eigenvalue weighted by Crippen LogP contribution is -2.61. The lowest BCUT2D eigenvalue weighted by atomic mass is 9.70. The van der Waals surface area contributed by atoms with Crippen LogP contribution >= 0.6 is 0 Å². The minimum Gasteiger partial charge on any atom is -0.345 e. The maximum Gasteiger partial charge on any atom is 0.112 e. The highest BCUT2D eigenvalue weighted by molar-refractivity contribution is 5.69. The highest BCUT2D eigenvalue weighted by Gasteiger charge is 2.62. The van der Waals surface area contributed by atoms with Crippen LogP contribution < -0.4 is 24.5 Å². The second kappa shape index (κ2) is 36.6. The largest absolute Gasteiger partial charge is 0.345 e. The van der Waals surface area contributed by atoms with E-state index in [9.17, 15) is 2.74 Å². The Hall–Kier alpha value is -10.1. The molecule has 0 spiro atoms. The summed E-state index contributed by atoms with van der Waals surface area (Å²) in [4.78, 5) is 24.9. The third-order valence-electron chi connectivity index (χ3n) is 31.8. The summed E-state index contributed by atoms with van der Waals surface area (Å²) in [5.41, 5.74) is 28.3. The predicted octanol–water partition coefficient (Wildman–Crippen LogP) is 31.0. The first-order chi connectivity index (χ1) is 64.3. The molecule has 132 heavy (non-hydrogen) atoms. The minimum absolute atomic E-state index is 0.0300. The van der Waals surface area contributed by atoms with Crippen LogP contribution in [0.2, 0.25) is 0 Å². The monoisotopic (exact) mass is 1770 g/mol. The molecule has 0 amide bonds. The standard InChI is InChI=1S/C29H36N2.C28H40N2.C24H28N2.C23H32N2.C18H24N2/c1-21-13-9-12-18-25(21)30-22(2)26-19-20-29(24-16-10-11-17-24,23-14-7-6-8-15-23)31(26)27(30)28(3,4)5;1-20-12-6-11-17-24(20)29-21(2)25-18-19-28(22-13-7-8-14-22,23-15-9-10-16-23)30(25)26(29)27(3,4)5;1-17-11-9-10-14-20(17)25-18(2)21-15-16-22(19-12-7-6-8-13-19)26(21)23(25)24(3,4)5;1-16-10-6-9-13-19(16)24-17(2)20-14-15-21(18-11-7-8-12-18)25(20)22(24)23(3,4)5;1-13-9-6-7-10-15(13)20-14(2)16-11-8-12-19(16)17(20)18(3,4)5/h6-9,12-15,18-20,24,27H,10-11,16-17H2,1-5H3;6,11-12,17-19,22-23,26H,7-10,13-16H2,1-5H3;6-16,22-23H,1-5H3;6,9-10,13-15,18,21-22H,7-8,11-12H2,1-5H3;6-11,17H,12H2,1-5H3/i;;22D;21D;12D2.